The van der Waals surface area contributed by atoms with Gasteiger partial charge in [0.25, 0.3) is 5.91 Å². The zero-order chi connectivity index (χ0) is 20.6. The van der Waals surface area contributed by atoms with Crippen LogP contribution in [0.1, 0.15) is 40.9 Å². The second-order valence-electron chi connectivity index (χ2n) is 7.95. The second-order valence-corrected chi connectivity index (χ2v) is 7.95. The molecule has 0 fully saturated rings. The molecule has 4 rings (SSSR count). The second kappa shape index (κ2) is 6.89. The van der Waals surface area contributed by atoms with Gasteiger partial charge in [0.15, 0.2) is 5.54 Å². The van der Waals surface area contributed by atoms with Crippen molar-refractivity contribution in [1.29, 1.82) is 0 Å². The molecule has 1 atom stereocenters. The zero-order valence-electron chi connectivity index (χ0n) is 16.7. The van der Waals surface area contributed by atoms with Crippen LogP contribution < -0.4 is 10.1 Å². The van der Waals surface area contributed by atoms with Gasteiger partial charge in [-0.2, -0.15) is 0 Å². The third-order valence-electron chi connectivity index (χ3n) is 5.83. The number of rotatable bonds is 3. The van der Waals surface area contributed by atoms with Crippen LogP contribution in [-0.4, -0.2) is 11.9 Å². The Balaban J connectivity index is 1.89. The van der Waals surface area contributed by atoms with E-state index in [2.05, 4.69) is 5.32 Å². The summed E-state index contributed by atoms with van der Waals surface area (Å²) in [5, 5.41) is 3.05. The van der Waals surface area contributed by atoms with Gasteiger partial charge in [-0.05, 0) is 30.7 Å². The molecule has 0 unspecified atom stereocenters. The molecule has 1 aliphatic rings. The van der Waals surface area contributed by atoms with Crippen molar-refractivity contribution in [3.05, 3.63) is 101 Å². The van der Waals surface area contributed by atoms with Crippen molar-refractivity contribution in [2.75, 3.05) is 0 Å². The smallest absolute Gasteiger partial charge is 0.342 e. The Morgan fingerprint density at radius 2 is 1.48 bits per heavy atom. The first-order valence-corrected chi connectivity index (χ1v) is 9.63. The molecular formula is C25H23NO3. The maximum Gasteiger partial charge on any atom is 0.342 e. The minimum absolute atomic E-state index is 0.321. The van der Waals surface area contributed by atoms with Crippen LogP contribution in [0.2, 0.25) is 0 Å². The van der Waals surface area contributed by atoms with E-state index in [9.17, 15) is 9.59 Å². The highest BCUT2D eigenvalue weighted by molar-refractivity contribution is 6.00. The van der Waals surface area contributed by atoms with Gasteiger partial charge in [0.05, 0.1) is 0 Å². The average molecular weight is 385 g/mol. The topological polar surface area (TPSA) is 55.4 Å². The highest BCUT2D eigenvalue weighted by Gasteiger charge is 2.59. The molecule has 0 bridgehead atoms. The third kappa shape index (κ3) is 2.92. The normalized spacial score (nSPS) is 19.8. The minimum Gasteiger partial charge on any atom is -0.424 e. The summed E-state index contributed by atoms with van der Waals surface area (Å²) in [6.07, 6.45) is 0. The largest absolute Gasteiger partial charge is 0.424 e. The van der Waals surface area contributed by atoms with E-state index in [1.807, 2.05) is 81.4 Å². The number of hydrogen-bond acceptors (Lipinski definition) is 3. The quantitative estimate of drug-likeness (QED) is 0.533. The maximum atomic E-state index is 13.5. The number of carbonyl (C=O) groups is 2. The van der Waals surface area contributed by atoms with Gasteiger partial charge in [-0.25, -0.2) is 4.79 Å². The van der Waals surface area contributed by atoms with Gasteiger partial charge >= 0.3 is 5.97 Å². The first kappa shape index (κ1) is 18.9. The molecule has 0 spiro atoms. The number of hydrogen-bond donors (Lipinski definition) is 1. The molecule has 1 amide bonds. The molecule has 146 valence electrons. The molecule has 1 heterocycles. The number of fused-ring (bicyclic) bond motifs is 1. The molecule has 0 saturated heterocycles. The molecule has 1 N–H and O–H groups in total. The Morgan fingerprint density at radius 1 is 0.862 bits per heavy atom. The Bertz CT molecular complexity index is 1070. The fourth-order valence-corrected chi connectivity index (χ4v) is 4.10. The molecule has 4 nitrogen and oxygen atoms in total. The lowest BCUT2D eigenvalue weighted by Crippen LogP contribution is -2.65. The Kier molecular flexibility index (Phi) is 4.50. The van der Waals surface area contributed by atoms with Crippen LogP contribution >= 0.6 is 0 Å². The van der Waals surface area contributed by atoms with E-state index in [-0.39, 0.29) is 5.91 Å². The lowest BCUT2D eigenvalue weighted by atomic mass is 9.62. The average Bonchev–Trinajstić information content (AvgIpc) is 2.72. The van der Waals surface area contributed by atoms with Crippen molar-refractivity contribution in [2.24, 2.45) is 0 Å². The molecule has 0 radical (unpaired) electrons. The predicted molar refractivity (Wildman–Crippen MR) is 112 cm³/mol. The van der Waals surface area contributed by atoms with Crippen LogP contribution in [0.25, 0.3) is 0 Å². The number of benzene rings is 3. The number of amides is 1. The van der Waals surface area contributed by atoms with Crippen LogP contribution in [0, 0.1) is 6.92 Å². The Morgan fingerprint density at radius 3 is 2.17 bits per heavy atom. The first-order valence-electron chi connectivity index (χ1n) is 9.63. The van der Waals surface area contributed by atoms with Crippen molar-refractivity contribution in [2.45, 2.75) is 31.7 Å². The molecule has 29 heavy (non-hydrogen) atoms. The summed E-state index contributed by atoms with van der Waals surface area (Å²) in [6, 6.07) is 24.1. The number of aryl methyl sites for hydroxylation is 1. The summed E-state index contributed by atoms with van der Waals surface area (Å²) in [5.74, 6) is -0.287. The summed E-state index contributed by atoms with van der Waals surface area (Å²) in [6.45, 7) is 5.90. The Hall–Kier alpha value is -3.40. The number of ether oxygens (including phenoxy) is 1. The van der Waals surface area contributed by atoms with Gasteiger partial charge in [0.2, 0.25) is 0 Å². The summed E-state index contributed by atoms with van der Waals surface area (Å²) in [7, 11) is 0. The van der Waals surface area contributed by atoms with Gasteiger partial charge in [0.1, 0.15) is 5.75 Å². The Labute approximate surface area is 170 Å². The summed E-state index contributed by atoms with van der Waals surface area (Å²) < 4.78 is 5.74. The van der Waals surface area contributed by atoms with Crippen molar-refractivity contribution >= 4 is 11.9 Å². The molecule has 0 aromatic heterocycles. The minimum atomic E-state index is -1.37. The van der Waals surface area contributed by atoms with E-state index < -0.39 is 16.9 Å². The van der Waals surface area contributed by atoms with Crippen molar-refractivity contribution < 1.29 is 14.3 Å². The summed E-state index contributed by atoms with van der Waals surface area (Å²) in [4.78, 5) is 26.7. The molecule has 0 aliphatic carbocycles. The third-order valence-corrected chi connectivity index (χ3v) is 5.83. The summed E-state index contributed by atoms with van der Waals surface area (Å²) >= 11 is 0. The van der Waals surface area contributed by atoms with Crippen LogP contribution in [0.4, 0.5) is 0 Å². The fourth-order valence-electron chi connectivity index (χ4n) is 4.10. The van der Waals surface area contributed by atoms with Crippen LogP contribution in [0.5, 0.6) is 5.75 Å². The van der Waals surface area contributed by atoms with Crippen molar-refractivity contribution in [3.8, 4) is 5.75 Å². The molecule has 3 aromatic carbocycles. The van der Waals surface area contributed by atoms with Gasteiger partial charge in [-0.1, -0.05) is 80.1 Å². The zero-order valence-corrected chi connectivity index (χ0v) is 16.7. The highest BCUT2D eigenvalue weighted by atomic mass is 16.5. The SMILES string of the molecule is Cc1ccc(C(=O)N[C@]2(c3ccccc3)C(=O)Oc3ccccc3C2(C)C)cc1. The van der Waals surface area contributed by atoms with Gasteiger partial charge in [-0.15, -0.1) is 0 Å². The highest BCUT2D eigenvalue weighted by Crippen LogP contribution is 2.49. The van der Waals surface area contributed by atoms with E-state index in [0.717, 1.165) is 11.1 Å². The molecular weight excluding hydrogens is 362 g/mol. The predicted octanol–water partition coefficient (Wildman–Crippen LogP) is 4.52. The number of carbonyl (C=O) groups excluding carboxylic acids is 2. The van der Waals surface area contributed by atoms with Crippen molar-refractivity contribution in [1.82, 2.24) is 5.32 Å². The molecule has 1 aliphatic heterocycles. The van der Waals surface area contributed by atoms with E-state index >= 15 is 0 Å². The van der Waals surface area contributed by atoms with Crippen LogP contribution in [-0.2, 0) is 15.7 Å². The molecule has 3 aromatic rings. The lowest BCUT2D eigenvalue weighted by molar-refractivity contribution is -0.147. The maximum absolute atomic E-state index is 13.5. The van der Waals surface area contributed by atoms with E-state index in [4.69, 9.17) is 4.74 Å². The number of esters is 1. The monoisotopic (exact) mass is 385 g/mol. The first-order chi connectivity index (χ1) is 13.9. The van der Waals surface area contributed by atoms with Gasteiger partial charge in [-0.3, -0.25) is 4.79 Å². The van der Waals surface area contributed by atoms with Gasteiger partial charge < -0.3 is 10.1 Å². The standard InChI is InChI=1S/C25H23NO3/c1-17-13-15-18(16-14-17)22(27)26-25(19-9-5-4-6-10-19)23(28)29-21-12-8-7-11-20(21)24(25,2)3/h4-16H,1-3H3,(H,26,27)/t25-/m1/s1. The van der Waals surface area contributed by atoms with E-state index in [0.29, 0.717) is 16.9 Å². The van der Waals surface area contributed by atoms with Gasteiger partial charge in [0, 0.05) is 16.5 Å². The fraction of sp³-hybridized carbons (Fsp3) is 0.200. The van der Waals surface area contributed by atoms with Crippen LogP contribution in [0.3, 0.4) is 0 Å². The number of nitrogens with one attached hydrogen (secondary N) is 1. The lowest BCUT2D eigenvalue weighted by Gasteiger charge is -2.48. The summed E-state index contributed by atoms with van der Waals surface area (Å²) in [5.41, 5.74) is 0.988. The van der Waals surface area contributed by atoms with E-state index in [1.54, 1.807) is 18.2 Å². The molecule has 4 heteroatoms. The van der Waals surface area contributed by atoms with Crippen LogP contribution in [0.15, 0.2) is 78.9 Å². The van der Waals surface area contributed by atoms with Crippen molar-refractivity contribution in [3.63, 3.8) is 0 Å². The number of para-hydroxylation sites is 1. The molecule has 0 saturated carbocycles. The van der Waals surface area contributed by atoms with E-state index in [1.165, 1.54) is 0 Å².